The van der Waals surface area contributed by atoms with Crippen LogP contribution in [0.2, 0.25) is 0 Å². The van der Waals surface area contributed by atoms with Gasteiger partial charge < -0.3 is 10.1 Å². The van der Waals surface area contributed by atoms with Crippen LogP contribution in [0, 0.1) is 0 Å². The maximum Gasteiger partial charge on any atom is 0.124 e. The molecule has 0 spiro atoms. The van der Waals surface area contributed by atoms with Gasteiger partial charge >= 0.3 is 0 Å². The van der Waals surface area contributed by atoms with Crippen LogP contribution in [-0.2, 0) is 6.54 Å². The first-order valence-corrected chi connectivity index (χ1v) is 8.09. The van der Waals surface area contributed by atoms with Crippen LogP contribution in [0.5, 0.6) is 5.75 Å². The van der Waals surface area contributed by atoms with Crippen molar-refractivity contribution in [3.8, 4) is 5.75 Å². The largest absolute Gasteiger partial charge is 0.491 e. The SMILES string of the molecule is CC(C)Oc1ccccc1CNC(C)c1ccccc1Br. The second-order valence-corrected chi connectivity index (χ2v) is 6.25. The molecule has 0 aromatic heterocycles. The molecule has 2 aromatic carbocycles. The quantitative estimate of drug-likeness (QED) is 0.785. The Kier molecular flexibility index (Phi) is 5.83. The molecule has 2 nitrogen and oxygen atoms in total. The molecule has 0 saturated heterocycles. The Labute approximate surface area is 135 Å². The molecule has 0 aliphatic carbocycles. The Balaban J connectivity index is 2.05. The lowest BCUT2D eigenvalue weighted by atomic mass is 10.1. The molecule has 1 N–H and O–H groups in total. The average molecular weight is 348 g/mol. The van der Waals surface area contributed by atoms with E-state index in [2.05, 4.69) is 52.4 Å². The fourth-order valence-corrected chi connectivity index (χ4v) is 2.85. The molecular weight excluding hydrogens is 326 g/mol. The van der Waals surface area contributed by atoms with Crippen LogP contribution in [-0.4, -0.2) is 6.10 Å². The van der Waals surface area contributed by atoms with Crippen molar-refractivity contribution in [2.24, 2.45) is 0 Å². The number of benzene rings is 2. The minimum absolute atomic E-state index is 0.187. The lowest BCUT2D eigenvalue weighted by Gasteiger charge is -2.18. The summed E-state index contributed by atoms with van der Waals surface area (Å²) in [6, 6.07) is 16.8. The first kappa shape index (κ1) is 16.1. The molecule has 2 rings (SSSR count). The second-order valence-electron chi connectivity index (χ2n) is 5.40. The zero-order chi connectivity index (χ0) is 15.2. The van der Waals surface area contributed by atoms with E-state index in [1.807, 2.05) is 38.1 Å². The highest BCUT2D eigenvalue weighted by atomic mass is 79.9. The smallest absolute Gasteiger partial charge is 0.124 e. The molecule has 112 valence electrons. The highest BCUT2D eigenvalue weighted by molar-refractivity contribution is 9.10. The molecule has 3 heteroatoms. The first-order chi connectivity index (χ1) is 10.1. The molecule has 0 aliphatic heterocycles. The maximum absolute atomic E-state index is 5.86. The van der Waals surface area contributed by atoms with E-state index in [1.54, 1.807) is 0 Å². The normalized spacial score (nSPS) is 12.4. The molecular formula is C18H22BrNO. The van der Waals surface area contributed by atoms with Crippen molar-refractivity contribution in [3.05, 3.63) is 64.1 Å². The van der Waals surface area contributed by atoms with Crippen molar-refractivity contribution in [1.82, 2.24) is 5.32 Å². The van der Waals surface area contributed by atoms with Gasteiger partial charge in [0.1, 0.15) is 5.75 Å². The Morgan fingerprint density at radius 2 is 1.67 bits per heavy atom. The van der Waals surface area contributed by atoms with Gasteiger partial charge in [-0.1, -0.05) is 52.3 Å². The third-order valence-corrected chi connectivity index (χ3v) is 4.03. The molecule has 0 saturated carbocycles. The molecule has 1 atom stereocenters. The molecule has 0 bridgehead atoms. The summed E-state index contributed by atoms with van der Waals surface area (Å²) >= 11 is 3.61. The first-order valence-electron chi connectivity index (χ1n) is 7.30. The highest BCUT2D eigenvalue weighted by Crippen LogP contribution is 2.24. The molecule has 0 amide bonds. The van der Waals surface area contributed by atoms with Crippen LogP contribution < -0.4 is 10.1 Å². The summed E-state index contributed by atoms with van der Waals surface area (Å²) < 4.78 is 6.99. The van der Waals surface area contributed by atoms with Gasteiger partial charge in [0.25, 0.3) is 0 Å². The van der Waals surface area contributed by atoms with E-state index in [9.17, 15) is 0 Å². The Morgan fingerprint density at radius 3 is 2.38 bits per heavy atom. The van der Waals surface area contributed by atoms with E-state index >= 15 is 0 Å². The van der Waals surface area contributed by atoms with Crippen molar-refractivity contribution < 1.29 is 4.74 Å². The van der Waals surface area contributed by atoms with Crippen LogP contribution in [0.1, 0.15) is 37.9 Å². The van der Waals surface area contributed by atoms with E-state index in [4.69, 9.17) is 4.74 Å². The molecule has 21 heavy (non-hydrogen) atoms. The summed E-state index contributed by atoms with van der Waals surface area (Å²) in [6.07, 6.45) is 0.187. The summed E-state index contributed by atoms with van der Waals surface area (Å²) in [7, 11) is 0. The summed E-state index contributed by atoms with van der Waals surface area (Å²) in [4.78, 5) is 0. The zero-order valence-corrected chi connectivity index (χ0v) is 14.4. The lowest BCUT2D eigenvalue weighted by molar-refractivity contribution is 0.239. The number of rotatable bonds is 6. The van der Waals surface area contributed by atoms with Gasteiger partial charge in [-0.15, -0.1) is 0 Å². The van der Waals surface area contributed by atoms with Crippen LogP contribution in [0.4, 0.5) is 0 Å². The van der Waals surface area contributed by atoms with E-state index in [0.717, 1.165) is 16.8 Å². The van der Waals surface area contributed by atoms with E-state index < -0.39 is 0 Å². The lowest BCUT2D eigenvalue weighted by Crippen LogP contribution is -2.19. The van der Waals surface area contributed by atoms with Crippen molar-refractivity contribution >= 4 is 15.9 Å². The van der Waals surface area contributed by atoms with Crippen LogP contribution in [0.3, 0.4) is 0 Å². The Morgan fingerprint density at radius 1 is 1.00 bits per heavy atom. The molecule has 1 unspecified atom stereocenters. The summed E-state index contributed by atoms with van der Waals surface area (Å²) in [5, 5.41) is 3.56. The standard InChI is InChI=1S/C18H22BrNO/c1-13(2)21-18-11-7-4-8-15(18)12-20-14(3)16-9-5-6-10-17(16)19/h4-11,13-14,20H,12H2,1-3H3. The van der Waals surface area contributed by atoms with Crippen molar-refractivity contribution in [2.45, 2.75) is 39.5 Å². The van der Waals surface area contributed by atoms with Gasteiger partial charge in [0.15, 0.2) is 0 Å². The summed E-state index contributed by atoms with van der Waals surface area (Å²) in [6.45, 7) is 7.05. The number of para-hydroxylation sites is 1. The van der Waals surface area contributed by atoms with Gasteiger partial charge in [-0.05, 0) is 38.5 Å². The third kappa shape index (κ3) is 4.58. The van der Waals surface area contributed by atoms with E-state index in [1.165, 1.54) is 11.1 Å². The fraction of sp³-hybridized carbons (Fsp3) is 0.333. The Bertz CT molecular complexity index is 583. The summed E-state index contributed by atoms with van der Waals surface area (Å²) in [5.41, 5.74) is 2.45. The van der Waals surface area contributed by atoms with Gasteiger partial charge in [-0.25, -0.2) is 0 Å². The van der Waals surface area contributed by atoms with Crippen LogP contribution in [0.15, 0.2) is 53.0 Å². The average Bonchev–Trinajstić information content (AvgIpc) is 2.46. The number of hydrogen-bond donors (Lipinski definition) is 1. The van der Waals surface area contributed by atoms with Crippen molar-refractivity contribution in [1.29, 1.82) is 0 Å². The predicted octanol–water partition coefficient (Wildman–Crippen LogP) is 5.09. The zero-order valence-electron chi connectivity index (χ0n) is 12.8. The van der Waals surface area contributed by atoms with Gasteiger partial charge in [0, 0.05) is 22.6 Å². The van der Waals surface area contributed by atoms with Gasteiger partial charge in [0.2, 0.25) is 0 Å². The van der Waals surface area contributed by atoms with Crippen molar-refractivity contribution in [3.63, 3.8) is 0 Å². The molecule has 0 radical (unpaired) electrons. The van der Waals surface area contributed by atoms with E-state index in [0.29, 0.717) is 0 Å². The highest BCUT2D eigenvalue weighted by Gasteiger charge is 2.10. The minimum atomic E-state index is 0.187. The van der Waals surface area contributed by atoms with Gasteiger partial charge in [-0.2, -0.15) is 0 Å². The molecule has 0 fully saturated rings. The van der Waals surface area contributed by atoms with Crippen LogP contribution >= 0.6 is 15.9 Å². The predicted molar refractivity (Wildman–Crippen MR) is 91.6 cm³/mol. The monoisotopic (exact) mass is 347 g/mol. The van der Waals surface area contributed by atoms with Crippen LogP contribution in [0.25, 0.3) is 0 Å². The van der Waals surface area contributed by atoms with Gasteiger partial charge in [-0.3, -0.25) is 0 Å². The second kappa shape index (κ2) is 7.62. The van der Waals surface area contributed by atoms with Crippen molar-refractivity contribution in [2.75, 3.05) is 0 Å². The number of nitrogens with one attached hydrogen (secondary N) is 1. The van der Waals surface area contributed by atoms with E-state index in [-0.39, 0.29) is 12.1 Å². The number of hydrogen-bond acceptors (Lipinski definition) is 2. The minimum Gasteiger partial charge on any atom is -0.491 e. The van der Waals surface area contributed by atoms with Gasteiger partial charge in [0.05, 0.1) is 6.10 Å². The molecule has 0 heterocycles. The topological polar surface area (TPSA) is 21.3 Å². The number of halogens is 1. The number of ether oxygens (including phenoxy) is 1. The molecule has 2 aromatic rings. The Hall–Kier alpha value is -1.32. The molecule has 0 aliphatic rings. The maximum atomic E-state index is 5.86. The third-order valence-electron chi connectivity index (χ3n) is 3.31. The fourth-order valence-electron chi connectivity index (χ4n) is 2.22. The summed E-state index contributed by atoms with van der Waals surface area (Å²) in [5.74, 6) is 0.958.